The molecular formula is C18H20N2O. The van der Waals surface area contributed by atoms with Crippen molar-refractivity contribution in [2.24, 2.45) is 0 Å². The van der Waals surface area contributed by atoms with Crippen LogP contribution in [0.5, 0.6) is 5.75 Å². The van der Waals surface area contributed by atoms with Crippen molar-refractivity contribution in [1.82, 2.24) is 4.90 Å². The third-order valence-corrected chi connectivity index (χ3v) is 3.49. The third kappa shape index (κ3) is 3.84. The molecular weight excluding hydrogens is 260 g/mol. The van der Waals surface area contributed by atoms with Crippen LogP contribution in [-0.2, 0) is 13.1 Å². The van der Waals surface area contributed by atoms with E-state index in [9.17, 15) is 0 Å². The number of benzene rings is 2. The quantitative estimate of drug-likeness (QED) is 0.841. The highest BCUT2D eigenvalue weighted by Gasteiger charge is 2.07. The van der Waals surface area contributed by atoms with Gasteiger partial charge in [-0.3, -0.25) is 4.90 Å². The molecule has 0 aliphatic rings. The highest BCUT2D eigenvalue weighted by Crippen LogP contribution is 2.20. The molecule has 0 amide bonds. The molecule has 0 radical (unpaired) electrons. The second-order valence-electron chi connectivity index (χ2n) is 5.25. The van der Waals surface area contributed by atoms with Gasteiger partial charge in [-0.25, -0.2) is 0 Å². The molecule has 0 atom stereocenters. The highest BCUT2D eigenvalue weighted by molar-refractivity contribution is 5.38. The van der Waals surface area contributed by atoms with E-state index in [4.69, 9.17) is 10.00 Å². The molecule has 108 valence electrons. The Balaban J connectivity index is 2.06. The first-order chi connectivity index (χ1) is 10.1. The average molecular weight is 280 g/mol. The topological polar surface area (TPSA) is 36.3 Å². The van der Waals surface area contributed by atoms with E-state index in [0.29, 0.717) is 0 Å². The molecule has 0 heterocycles. The minimum Gasteiger partial charge on any atom is -0.496 e. The molecule has 21 heavy (non-hydrogen) atoms. The molecule has 0 aliphatic heterocycles. The van der Waals surface area contributed by atoms with Crippen molar-refractivity contribution in [3.8, 4) is 11.8 Å². The summed E-state index contributed by atoms with van der Waals surface area (Å²) >= 11 is 0. The Morgan fingerprint density at radius 3 is 2.57 bits per heavy atom. The number of ether oxygens (including phenoxy) is 1. The number of hydrogen-bond donors (Lipinski definition) is 0. The van der Waals surface area contributed by atoms with Crippen molar-refractivity contribution in [3.63, 3.8) is 0 Å². The van der Waals surface area contributed by atoms with Crippen LogP contribution in [-0.4, -0.2) is 19.1 Å². The van der Waals surface area contributed by atoms with Crippen molar-refractivity contribution in [2.45, 2.75) is 20.0 Å². The minimum absolute atomic E-state index is 0.746. The number of rotatable bonds is 5. The fourth-order valence-electron chi connectivity index (χ4n) is 2.46. The summed E-state index contributed by atoms with van der Waals surface area (Å²) in [7, 11) is 3.75. The van der Waals surface area contributed by atoms with E-state index in [1.54, 1.807) is 7.11 Å². The van der Waals surface area contributed by atoms with Gasteiger partial charge >= 0.3 is 0 Å². The third-order valence-electron chi connectivity index (χ3n) is 3.49. The summed E-state index contributed by atoms with van der Waals surface area (Å²) in [6.07, 6.45) is 0. The number of nitriles is 1. The van der Waals surface area contributed by atoms with Gasteiger partial charge in [0.15, 0.2) is 0 Å². The van der Waals surface area contributed by atoms with E-state index in [-0.39, 0.29) is 0 Å². The smallest absolute Gasteiger partial charge is 0.121 e. The summed E-state index contributed by atoms with van der Waals surface area (Å²) < 4.78 is 5.28. The van der Waals surface area contributed by atoms with Crippen molar-refractivity contribution in [1.29, 1.82) is 5.26 Å². The first kappa shape index (κ1) is 15.1. The maximum atomic E-state index is 9.13. The predicted octanol–water partition coefficient (Wildman–Crippen LogP) is 3.51. The molecule has 2 aromatic rings. The number of methoxy groups -OCH3 is 1. The van der Waals surface area contributed by atoms with Crippen LogP contribution in [0.3, 0.4) is 0 Å². The van der Waals surface area contributed by atoms with Gasteiger partial charge in [-0.2, -0.15) is 5.26 Å². The fourth-order valence-corrected chi connectivity index (χ4v) is 2.46. The van der Waals surface area contributed by atoms with Gasteiger partial charge in [-0.05, 0) is 42.8 Å². The van der Waals surface area contributed by atoms with Crippen LogP contribution in [0.4, 0.5) is 0 Å². The molecule has 3 nitrogen and oxygen atoms in total. The normalized spacial score (nSPS) is 10.4. The highest BCUT2D eigenvalue weighted by atomic mass is 16.5. The lowest BCUT2D eigenvalue weighted by Gasteiger charge is -2.18. The van der Waals surface area contributed by atoms with Gasteiger partial charge in [0, 0.05) is 13.1 Å². The van der Waals surface area contributed by atoms with Crippen LogP contribution in [0, 0.1) is 18.3 Å². The lowest BCUT2D eigenvalue weighted by Crippen LogP contribution is -2.18. The molecule has 0 aliphatic carbocycles. The average Bonchev–Trinajstić information content (AvgIpc) is 2.48. The van der Waals surface area contributed by atoms with Gasteiger partial charge in [0.2, 0.25) is 0 Å². The molecule has 0 spiro atoms. The van der Waals surface area contributed by atoms with Crippen LogP contribution in [0.25, 0.3) is 0 Å². The summed E-state index contributed by atoms with van der Waals surface area (Å²) in [6, 6.07) is 16.2. The van der Waals surface area contributed by atoms with Gasteiger partial charge in [0.1, 0.15) is 5.75 Å². The summed E-state index contributed by atoms with van der Waals surface area (Å²) in [4.78, 5) is 2.21. The lowest BCUT2D eigenvalue weighted by molar-refractivity contribution is 0.318. The Morgan fingerprint density at radius 1 is 1.14 bits per heavy atom. The van der Waals surface area contributed by atoms with Crippen molar-refractivity contribution >= 4 is 0 Å². The Bertz CT molecular complexity index is 659. The summed E-state index contributed by atoms with van der Waals surface area (Å²) in [5, 5.41) is 9.13. The van der Waals surface area contributed by atoms with Crippen molar-refractivity contribution < 1.29 is 4.74 Å². The summed E-state index contributed by atoms with van der Waals surface area (Å²) in [5.74, 6) is 0.913. The Morgan fingerprint density at radius 2 is 1.90 bits per heavy atom. The van der Waals surface area contributed by atoms with E-state index in [0.717, 1.165) is 35.5 Å². The summed E-state index contributed by atoms with van der Waals surface area (Å²) in [5.41, 5.74) is 4.19. The lowest BCUT2D eigenvalue weighted by atomic mass is 10.1. The van der Waals surface area contributed by atoms with E-state index in [1.807, 2.05) is 37.3 Å². The number of aryl methyl sites for hydroxylation is 1. The number of nitrogens with zero attached hydrogens (tertiary/aromatic N) is 2. The first-order valence-corrected chi connectivity index (χ1v) is 6.94. The van der Waals surface area contributed by atoms with E-state index in [2.05, 4.69) is 30.1 Å². The first-order valence-electron chi connectivity index (χ1n) is 6.94. The molecule has 3 heteroatoms. The van der Waals surface area contributed by atoms with Gasteiger partial charge < -0.3 is 4.74 Å². The van der Waals surface area contributed by atoms with Crippen LogP contribution < -0.4 is 4.74 Å². The largest absolute Gasteiger partial charge is 0.496 e. The SMILES string of the molecule is COc1ccc(CN(C)Cc2ccccc2C#N)cc1C. The van der Waals surface area contributed by atoms with Crippen LogP contribution in [0.2, 0.25) is 0 Å². The van der Waals surface area contributed by atoms with E-state index in [1.165, 1.54) is 5.56 Å². The zero-order chi connectivity index (χ0) is 15.2. The van der Waals surface area contributed by atoms with Crippen molar-refractivity contribution in [3.05, 3.63) is 64.7 Å². The summed E-state index contributed by atoms with van der Waals surface area (Å²) in [6.45, 7) is 3.65. The van der Waals surface area contributed by atoms with Gasteiger partial charge in [0.05, 0.1) is 18.7 Å². The predicted molar refractivity (Wildman–Crippen MR) is 84.1 cm³/mol. The van der Waals surface area contributed by atoms with Gasteiger partial charge in [-0.1, -0.05) is 30.3 Å². The molecule has 2 aromatic carbocycles. The fraction of sp³-hybridized carbons (Fsp3) is 0.278. The molecule has 0 saturated heterocycles. The minimum atomic E-state index is 0.746. The maximum absolute atomic E-state index is 9.13. The molecule has 0 fully saturated rings. The molecule has 0 aromatic heterocycles. The van der Waals surface area contributed by atoms with Crippen molar-refractivity contribution in [2.75, 3.05) is 14.2 Å². The molecule has 0 bridgehead atoms. The second-order valence-corrected chi connectivity index (χ2v) is 5.25. The molecule has 0 N–H and O–H groups in total. The monoisotopic (exact) mass is 280 g/mol. The molecule has 0 saturated carbocycles. The Kier molecular flexibility index (Phi) is 4.97. The zero-order valence-electron chi connectivity index (χ0n) is 12.8. The van der Waals surface area contributed by atoms with E-state index >= 15 is 0 Å². The maximum Gasteiger partial charge on any atom is 0.121 e. The standard InChI is InChI=1S/C18H20N2O/c1-14-10-15(8-9-18(14)21-3)12-20(2)13-17-7-5-4-6-16(17)11-19/h4-10H,12-13H2,1-3H3. The zero-order valence-corrected chi connectivity index (χ0v) is 12.8. The van der Waals surface area contributed by atoms with Gasteiger partial charge in [-0.15, -0.1) is 0 Å². The van der Waals surface area contributed by atoms with Gasteiger partial charge in [0.25, 0.3) is 0 Å². The Hall–Kier alpha value is -2.31. The van der Waals surface area contributed by atoms with Crippen LogP contribution in [0.15, 0.2) is 42.5 Å². The molecule has 2 rings (SSSR count). The number of hydrogen-bond acceptors (Lipinski definition) is 3. The van der Waals surface area contributed by atoms with Crippen LogP contribution in [0.1, 0.15) is 22.3 Å². The molecule has 0 unspecified atom stereocenters. The van der Waals surface area contributed by atoms with E-state index < -0.39 is 0 Å². The van der Waals surface area contributed by atoms with Crippen LogP contribution >= 0.6 is 0 Å². The second kappa shape index (κ2) is 6.92. The Labute approximate surface area is 126 Å².